The molecule has 1 aromatic carbocycles. The number of hydrogen-bond donors (Lipinski definition) is 0. The van der Waals surface area contributed by atoms with Crippen LogP contribution < -0.4 is 0 Å². The van der Waals surface area contributed by atoms with Crippen LogP contribution in [-0.4, -0.2) is 20.3 Å². The average Bonchev–Trinajstić information content (AvgIpc) is 3.24. The second-order valence-electron chi connectivity index (χ2n) is 4.94. The molecule has 0 aliphatic carbocycles. The fraction of sp³-hybridized carbons (Fsp3) is 0.125. The van der Waals surface area contributed by atoms with Crippen molar-refractivity contribution in [1.29, 1.82) is 0 Å². The van der Waals surface area contributed by atoms with Crippen LogP contribution in [0.3, 0.4) is 0 Å². The predicted molar refractivity (Wildman–Crippen MR) is 87.2 cm³/mol. The summed E-state index contributed by atoms with van der Waals surface area (Å²) >= 11 is 1.12. The van der Waals surface area contributed by atoms with Gasteiger partial charge in [-0.15, -0.1) is 0 Å². The lowest BCUT2D eigenvalue weighted by Crippen LogP contribution is -2.01. The number of Topliss-reactive ketones (excluding diaryl/α,β-unsaturated/α-hetero) is 1. The first-order valence-corrected chi connectivity index (χ1v) is 7.80. The number of thiophene rings is 1. The van der Waals surface area contributed by atoms with E-state index in [9.17, 15) is 14.9 Å². The normalized spacial score (nSPS) is 10.6. The number of nitro groups is 1. The van der Waals surface area contributed by atoms with E-state index in [0.29, 0.717) is 18.4 Å². The number of aryl methyl sites for hydroxylation is 1. The van der Waals surface area contributed by atoms with Crippen LogP contribution in [0.5, 0.6) is 0 Å². The van der Waals surface area contributed by atoms with Crippen LogP contribution in [0.4, 0.5) is 5.00 Å². The van der Waals surface area contributed by atoms with Crippen LogP contribution >= 0.6 is 11.3 Å². The zero-order chi connectivity index (χ0) is 16.2. The van der Waals surface area contributed by atoms with Gasteiger partial charge in [0.15, 0.2) is 5.78 Å². The summed E-state index contributed by atoms with van der Waals surface area (Å²) in [7, 11) is 0. The fourth-order valence-corrected chi connectivity index (χ4v) is 3.03. The van der Waals surface area contributed by atoms with Crippen LogP contribution in [0, 0.1) is 10.1 Å². The highest BCUT2D eigenvalue weighted by atomic mass is 32.1. The summed E-state index contributed by atoms with van der Waals surface area (Å²) in [5.74, 6) is 0.0261. The Balaban J connectivity index is 1.62. The minimum absolute atomic E-state index is 0.0261. The van der Waals surface area contributed by atoms with Gasteiger partial charge < -0.3 is 4.57 Å². The molecular weight excluding hydrogens is 314 g/mol. The lowest BCUT2D eigenvalue weighted by Gasteiger charge is -2.04. The monoisotopic (exact) mass is 327 g/mol. The molecule has 0 unspecified atom stereocenters. The average molecular weight is 327 g/mol. The zero-order valence-electron chi connectivity index (χ0n) is 12.1. The summed E-state index contributed by atoms with van der Waals surface area (Å²) in [4.78, 5) is 27.3. The fourth-order valence-electron chi connectivity index (χ4n) is 2.21. The van der Waals surface area contributed by atoms with Crippen molar-refractivity contribution in [2.75, 3.05) is 0 Å². The Morgan fingerprint density at radius 3 is 2.61 bits per heavy atom. The molecule has 0 saturated carbocycles. The Hall–Kier alpha value is -2.80. The molecule has 3 aromatic rings. The maximum atomic E-state index is 12.2. The van der Waals surface area contributed by atoms with Crippen LogP contribution in [0.1, 0.15) is 21.7 Å². The van der Waals surface area contributed by atoms with E-state index in [1.807, 2.05) is 22.9 Å². The molecule has 2 heterocycles. The van der Waals surface area contributed by atoms with E-state index in [-0.39, 0.29) is 10.8 Å². The SMILES string of the molecule is O=C(CCc1ccc([N+](=O)[O-])s1)c1ccc(-n2ccnc2)cc1. The third-order valence-electron chi connectivity index (χ3n) is 3.42. The Bertz CT molecular complexity index is 823. The summed E-state index contributed by atoms with van der Waals surface area (Å²) in [6.07, 6.45) is 6.07. The van der Waals surface area contributed by atoms with Crippen molar-refractivity contribution in [3.8, 4) is 5.69 Å². The molecule has 0 amide bonds. The molecule has 0 aliphatic rings. The second kappa shape index (κ2) is 6.53. The van der Waals surface area contributed by atoms with E-state index < -0.39 is 4.92 Å². The van der Waals surface area contributed by atoms with Gasteiger partial charge in [-0.2, -0.15) is 0 Å². The third-order valence-corrected chi connectivity index (χ3v) is 4.51. The number of benzene rings is 1. The lowest BCUT2D eigenvalue weighted by molar-refractivity contribution is -0.380. The molecule has 6 nitrogen and oxygen atoms in total. The molecule has 0 aliphatic heterocycles. The molecule has 0 saturated heterocycles. The van der Waals surface area contributed by atoms with Crippen molar-refractivity contribution in [3.05, 3.63) is 75.7 Å². The van der Waals surface area contributed by atoms with Crippen LogP contribution in [0.2, 0.25) is 0 Å². The van der Waals surface area contributed by atoms with Gasteiger partial charge in [0.05, 0.1) is 11.3 Å². The molecule has 0 bridgehead atoms. The summed E-state index contributed by atoms with van der Waals surface area (Å²) in [6.45, 7) is 0. The first-order valence-electron chi connectivity index (χ1n) is 6.98. The minimum atomic E-state index is -0.412. The van der Waals surface area contributed by atoms with Crippen molar-refractivity contribution < 1.29 is 9.72 Å². The molecule has 23 heavy (non-hydrogen) atoms. The molecule has 0 spiro atoms. The van der Waals surface area contributed by atoms with Gasteiger partial charge in [0.25, 0.3) is 0 Å². The predicted octanol–water partition coefficient (Wildman–Crippen LogP) is 3.66. The van der Waals surface area contributed by atoms with E-state index in [1.54, 1.807) is 30.7 Å². The Kier molecular flexibility index (Phi) is 4.29. The van der Waals surface area contributed by atoms with E-state index in [1.165, 1.54) is 6.07 Å². The smallest absolute Gasteiger partial charge is 0.306 e. The second-order valence-corrected chi connectivity index (χ2v) is 6.08. The largest absolute Gasteiger partial charge is 0.324 e. The van der Waals surface area contributed by atoms with Crippen molar-refractivity contribution in [2.45, 2.75) is 12.8 Å². The number of rotatable bonds is 6. The topological polar surface area (TPSA) is 78.0 Å². The maximum Gasteiger partial charge on any atom is 0.324 e. The maximum absolute atomic E-state index is 12.2. The van der Waals surface area contributed by atoms with Gasteiger partial charge >= 0.3 is 5.00 Å². The van der Waals surface area contributed by atoms with Crippen LogP contribution in [-0.2, 0) is 6.42 Å². The standard InChI is InChI=1S/C16H13N3O3S/c20-15(7-5-14-6-8-16(23-14)19(21)22)12-1-3-13(4-2-12)18-10-9-17-11-18/h1-4,6,8-11H,5,7H2. The minimum Gasteiger partial charge on any atom is -0.306 e. The Morgan fingerprint density at radius 2 is 2.00 bits per heavy atom. The number of ketones is 1. The van der Waals surface area contributed by atoms with Gasteiger partial charge in [-0.05, 0) is 36.8 Å². The summed E-state index contributed by atoms with van der Waals surface area (Å²) in [5.41, 5.74) is 1.58. The number of nitrogens with zero attached hydrogens (tertiary/aromatic N) is 3. The number of carbonyl (C=O) groups is 1. The van der Waals surface area contributed by atoms with Crippen LogP contribution in [0.25, 0.3) is 5.69 Å². The highest BCUT2D eigenvalue weighted by Crippen LogP contribution is 2.25. The third kappa shape index (κ3) is 3.51. The number of aromatic nitrogens is 2. The molecule has 0 radical (unpaired) electrons. The Labute approximate surface area is 136 Å². The van der Waals surface area contributed by atoms with Crippen molar-refractivity contribution >= 4 is 22.1 Å². The van der Waals surface area contributed by atoms with E-state index in [0.717, 1.165) is 21.9 Å². The van der Waals surface area contributed by atoms with E-state index in [2.05, 4.69) is 4.98 Å². The van der Waals surface area contributed by atoms with Crippen molar-refractivity contribution in [1.82, 2.24) is 9.55 Å². The molecule has 3 rings (SSSR count). The molecular formula is C16H13N3O3S. The number of hydrogen-bond acceptors (Lipinski definition) is 5. The molecule has 0 atom stereocenters. The molecule has 116 valence electrons. The summed E-state index contributed by atoms with van der Waals surface area (Å²) < 4.78 is 1.86. The van der Waals surface area contributed by atoms with E-state index in [4.69, 9.17) is 0 Å². The quantitative estimate of drug-likeness (QED) is 0.393. The number of carbonyl (C=O) groups excluding carboxylic acids is 1. The van der Waals surface area contributed by atoms with Gasteiger partial charge in [-0.1, -0.05) is 11.3 Å². The molecule has 7 heteroatoms. The first-order chi connectivity index (χ1) is 11.1. The van der Waals surface area contributed by atoms with Gasteiger partial charge in [-0.25, -0.2) is 4.98 Å². The van der Waals surface area contributed by atoms with Gasteiger partial charge in [0.1, 0.15) is 0 Å². The highest BCUT2D eigenvalue weighted by Gasteiger charge is 2.12. The van der Waals surface area contributed by atoms with Crippen molar-refractivity contribution in [2.24, 2.45) is 0 Å². The van der Waals surface area contributed by atoms with Crippen molar-refractivity contribution in [3.63, 3.8) is 0 Å². The number of imidazole rings is 1. The Morgan fingerprint density at radius 1 is 1.22 bits per heavy atom. The van der Waals surface area contributed by atoms with Gasteiger partial charge in [-0.3, -0.25) is 14.9 Å². The lowest BCUT2D eigenvalue weighted by atomic mass is 10.1. The summed E-state index contributed by atoms with van der Waals surface area (Å²) in [6, 6.07) is 10.5. The molecule has 0 fully saturated rings. The van der Waals surface area contributed by atoms with E-state index >= 15 is 0 Å². The van der Waals surface area contributed by atoms with Gasteiger partial charge in [0, 0.05) is 41.0 Å². The highest BCUT2D eigenvalue weighted by molar-refractivity contribution is 7.15. The van der Waals surface area contributed by atoms with Crippen LogP contribution in [0.15, 0.2) is 55.1 Å². The van der Waals surface area contributed by atoms with Gasteiger partial charge in [0.2, 0.25) is 0 Å². The molecule has 2 aromatic heterocycles. The first kappa shape index (κ1) is 15.1. The molecule has 0 N–H and O–H groups in total. The summed E-state index contributed by atoms with van der Waals surface area (Å²) in [5, 5.41) is 10.8. The zero-order valence-corrected chi connectivity index (χ0v) is 12.9.